The molecule has 0 aliphatic carbocycles. The number of aryl methyl sites for hydroxylation is 1. The molecule has 1 unspecified atom stereocenters. The largest absolute Gasteiger partial charge is 0.368 e. The van der Waals surface area contributed by atoms with Gasteiger partial charge in [-0.1, -0.05) is 49.7 Å². The highest BCUT2D eigenvalue weighted by atomic mass is 15.1. The van der Waals surface area contributed by atoms with Crippen molar-refractivity contribution in [2.45, 2.75) is 32.7 Å². The normalized spacial score (nSPS) is 11.1. The molecule has 0 aliphatic rings. The summed E-state index contributed by atoms with van der Waals surface area (Å²) in [4.78, 5) is 2.30. The number of rotatable bonds is 6. The van der Waals surface area contributed by atoms with E-state index in [1.807, 2.05) is 31.2 Å². The molecule has 3 heteroatoms. The van der Waals surface area contributed by atoms with Crippen LogP contribution >= 0.6 is 0 Å². The van der Waals surface area contributed by atoms with Crippen molar-refractivity contribution in [2.24, 2.45) is 0 Å². The van der Waals surface area contributed by atoms with E-state index in [4.69, 9.17) is 10.5 Å². The second-order valence-electron chi connectivity index (χ2n) is 6.15. The summed E-state index contributed by atoms with van der Waals surface area (Å²) in [6, 6.07) is 20.8. The molecule has 0 saturated carbocycles. The minimum absolute atomic E-state index is 0.123. The molecule has 0 saturated heterocycles. The molecule has 0 aromatic heterocycles. The van der Waals surface area contributed by atoms with Crippen LogP contribution in [0.25, 0.3) is 6.08 Å². The maximum atomic E-state index is 8.93. The first-order chi connectivity index (χ1) is 12.1. The van der Waals surface area contributed by atoms with Gasteiger partial charge in [-0.2, -0.15) is 10.5 Å². The number of allylic oxidation sites excluding steroid dienone is 1. The van der Waals surface area contributed by atoms with Gasteiger partial charge in [-0.25, -0.2) is 0 Å². The SMILES string of the molecule is CCCC(c1ccccc1)N(C)c1ccc(C=C(C#N)C#N)c(C)c1. The summed E-state index contributed by atoms with van der Waals surface area (Å²) in [6.45, 7) is 4.21. The Morgan fingerprint density at radius 2 is 1.80 bits per heavy atom. The van der Waals surface area contributed by atoms with Gasteiger partial charge in [0.05, 0.1) is 6.04 Å². The first kappa shape index (κ1) is 18.3. The molecule has 0 amide bonds. The molecule has 0 radical (unpaired) electrons. The van der Waals surface area contributed by atoms with E-state index in [2.05, 4.69) is 55.3 Å². The average Bonchev–Trinajstić information content (AvgIpc) is 2.65. The Hall–Kier alpha value is -3.04. The maximum absolute atomic E-state index is 8.93. The Kier molecular flexibility index (Phi) is 6.38. The van der Waals surface area contributed by atoms with Crippen molar-refractivity contribution in [3.8, 4) is 12.1 Å². The summed E-state index contributed by atoms with van der Waals surface area (Å²) in [6.07, 6.45) is 3.82. The molecule has 25 heavy (non-hydrogen) atoms. The van der Waals surface area contributed by atoms with Crippen LogP contribution in [-0.2, 0) is 0 Å². The quantitative estimate of drug-likeness (QED) is 0.666. The lowest BCUT2D eigenvalue weighted by atomic mass is 9.99. The number of nitrogens with zero attached hydrogens (tertiary/aromatic N) is 3. The fourth-order valence-electron chi connectivity index (χ4n) is 3.00. The lowest BCUT2D eigenvalue weighted by Crippen LogP contribution is -2.24. The lowest BCUT2D eigenvalue weighted by Gasteiger charge is -2.31. The van der Waals surface area contributed by atoms with Gasteiger partial charge < -0.3 is 4.90 Å². The molecule has 1 atom stereocenters. The van der Waals surface area contributed by atoms with Crippen LogP contribution in [0.4, 0.5) is 5.69 Å². The molecule has 126 valence electrons. The molecular formula is C22H23N3. The van der Waals surface area contributed by atoms with Gasteiger partial charge in [0.2, 0.25) is 0 Å². The van der Waals surface area contributed by atoms with E-state index >= 15 is 0 Å². The highest BCUT2D eigenvalue weighted by Crippen LogP contribution is 2.30. The van der Waals surface area contributed by atoms with Crippen LogP contribution in [0.5, 0.6) is 0 Å². The third-order valence-electron chi connectivity index (χ3n) is 4.42. The topological polar surface area (TPSA) is 50.8 Å². The summed E-state index contributed by atoms with van der Waals surface area (Å²) in [5.74, 6) is 0. The molecular weight excluding hydrogens is 306 g/mol. The third-order valence-corrected chi connectivity index (χ3v) is 4.42. The monoisotopic (exact) mass is 329 g/mol. The Balaban J connectivity index is 2.34. The van der Waals surface area contributed by atoms with Gasteiger partial charge in [-0.05, 0) is 48.2 Å². The molecule has 0 N–H and O–H groups in total. The van der Waals surface area contributed by atoms with Crippen LogP contribution in [-0.4, -0.2) is 7.05 Å². The summed E-state index contributed by atoms with van der Waals surface area (Å²) in [5, 5.41) is 17.9. The van der Waals surface area contributed by atoms with Crippen molar-refractivity contribution in [3.63, 3.8) is 0 Å². The number of hydrogen-bond acceptors (Lipinski definition) is 3. The molecule has 0 spiro atoms. The van der Waals surface area contributed by atoms with E-state index in [0.717, 1.165) is 29.7 Å². The predicted octanol–water partition coefficient (Wildman–Crippen LogP) is 5.40. The highest BCUT2D eigenvalue weighted by Gasteiger charge is 2.17. The first-order valence-electron chi connectivity index (χ1n) is 8.51. The minimum Gasteiger partial charge on any atom is -0.368 e. The standard InChI is InChI=1S/C22H23N3/c1-4-8-22(19-9-6-5-7-10-19)25(3)21-12-11-20(17(2)13-21)14-18(15-23)16-24/h5-7,9-14,22H,4,8H2,1-3H3. The van der Waals surface area contributed by atoms with E-state index < -0.39 is 0 Å². The molecule has 0 fully saturated rings. The summed E-state index contributed by atoms with van der Waals surface area (Å²) >= 11 is 0. The predicted molar refractivity (Wildman–Crippen MR) is 103 cm³/mol. The van der Waals surface area contributed by atoms with Gasteiger partial charge in [0.1, 0.15) is 17.7 Å². The second-order valence-corrected chi connectivity index (χ2v) is 6.15. The van der Waals surface area contributed by atoms with Crippen molar-refractivity contribution in [3.05, 3.63) is 70.8 Å². The smallest absolute Gasteiger partial charge is 0.130 e. The van der Waals surface area contributed by atoms with Crippen LogP contribution < -0.4 is 4.90 Å². The Morgan fingerprint density at radius 1 is 1.12 bits per heavy atom. The van der Waals surface area contributed by atoms with Gasteiger partial charge in [-0.3, -0.25) is 0 Å². The van der Waals surface area contributed by atoms with Gasteiger partial charge in [0.15, 0.2) is 0 Å². The van der Waals surface area contributed by atoms with Crippen LogP contribution in [0.3, 0.4) is 0 Å². The Morgan fingerprint density at radius 3 is 2.36 bits per heavy atom. The van der Waals surface area contributed by atoms with Crippen molar-refractivity contribution in [2.75, 3.05) is 11.9 Å². The summed E-state index contributed by atoms with van der Waals surface area (Å²) in [5.41, 5.74) is 4.52. The van der Waals surface area contributed by atoms with Crippen LogP contribution in [0.1, 0.15) is 42.5 Å². The van der Waals surface area contributed by atoms with E-state index in [1.54, 1.807) is 6.08 Å². The van der Waals surface area contributed by atoms with Crippen LogP contribution in [0.15, 0.2) is 54.1 Å². The third kappa shape index (κ3) is 4.49. The number of hydrogen-bond donors (Lipinski definition) is 0. The Bertz CT molecular complexity index is 807. The zero-order valence-electron chi connectivity index (χ0n) is 15.0. The lowest BCUT2D eigenvalue weighted by molar-refractivity contribution is 0.602. The second kappa shape index (κ2) is 8.71. The molecule has 2 rings (SSSR count). The minimum atomic E-state index is 0.123. The Labute approximate surface area is 150 Å². The van der Waals surface area contributed by atoms with Crippen molar-refractivity contribution >= 4 is 11.8 Å². The highest BCUT2D eigenvalue weighted by molar-refractivity contribution is 5.66. The van der Waals surface area contributed by atoms with Crippen LogP contribution in [0, 0.1) is 29.6 Å². The zero-order valence-corrected chi connectivity index (χ0v) is 15.0. The molecule has 3 nitrogen and oxygen atoms in total. The van der Waals surface area contributed by atoms with Crippen molar-refractivity contribution < 1.29 is 0 Å². The fraction of sp³-hybridized carbons (Fsp3) is 0.273. The summed E-state index contributed by atoms with van der Waals surface area (Å²) < 4.78 is 0. The zero-order chi connectivity index (χ0) is 18.2. The average molecular weight is 329 g/mol. The fourth-order valence-corrected chi connectivity index (χ4v) is 3.00. The van der Waals surface area contributed by atoms with E-state index in [0.29, 0.717) is 6.04 Å². The number of anilines is 1. The maximum Gasteiger partial charge on any atom is 0.130 e. The van der Waals surface area contributed by atoms with Crippen molar-refractivity contribution in [1.82, 2.24) is 0 Å². The van der Waals surface area contributed by atoms with Crippen LogP contribution in [0.2, 0.25) is 0 Å². The van der Waals surface area contributed by atoms with Gasteiger partial charge >= 0.3 is 0 Å². The molecule has 2 aromatic rings. The molecule has 0 bridgehead atoms. The van der Waals surface area contributed by atoms with E-state index in [9.17, 15) is 0 Å². The first-order valence-corrected chi connectivity index (χ1v) is 8.51. The number of benzene rings is 2. The molecule has 0 heterocycles. The van der Waals surface area contributed by atoms with Crippen molar-refractivity contribution in [1.29, 1.82) is 10.5 Å². The molecule has 0 aliphatic heterocycles. The van der Waals surface area contributed by atoms with E-state index in [-0.39, 0.29) is 5.57 Å². The van der Waals surface area contributed by atoms with Gasteiger partial charge in [0, 0.05) is 12.7 Å². The van der Waals surface area contributed by atoms with E-state index in [1.165, 1.54) is 5.56 Å². The number of nitriles is 2. The van der Waals surface area contributed by atoms with Gasteiger partial charge in [0.25, 0.3) is 0 Å². The summed E-state index contributed by atoms with van der Waals surface area (Å²) in [7, 11) is 2.12. The van der Waals surface area contributed by atoms with Gasteiger partial charge in [-0.15, -0.1) is 0 Å². The molecule has 2 aromatic carbocycles.